The molecule has 0 spiro atoms. The predicted octanol–water partition coefficient (Wildman–Crippen LogP) is 4.66. The molecule has 4 aromatic rings. The first kappa shape index (κ1) is 20.7. The number of carbonyl (C=O) groups is 1. The number of hydrogen-bond acceptors (Lipinski definition) is 6. The van der Waals surface area contributed by atoms with Crippen LogP contribution in [-0.2, 0) is 11.2 Å². The number of hydrogen-bond donors (Lipinski definition) is 1. The number of rotatable bonds is 8. The predicted molar refractivity (Wildman–Crippen MR) is 122 cm³/mol. The van der Waals surface area contributed by atoms with E-state index in [0.717, 1.165) is 27.7 Å². The highest BCUT2D eigenvalue weighted by Crippen LogP contribution is 2.30. The Bertz CT molecular complexity index is 1200. The van der Waals surface area contributed by atoms with Gasteiger partial charge >= 0.3 is 0 Å². The number of fused-ring (bicyclic) bond motifs is 1. The molecule has 7 nitrogen and oxygen atoms in total. The van der Waals surface area contributed by atoms with Crippen molar-refractivity contribution in [3.63, 3.8) is 0 Å². The number of methoxy groups -OCH3 is 2. The second kappa shape index (κ2) is 9.09. The molecule has 0 saturated carbocycles. The van der Waals surface area contributed by atoms with Crippen molar-refractivity contribution in [2.24, 2.45) is 0 Å². The number of thiazole rings is 1. The normalized spacial score (nSPS) is 10.8. The van der Waals surface area contributed by atoms with Crippen LogP contribution in [0, 0.1) is 0 Å². The number of benzene rings is 2. The Labute approximate surface area is 184 Å². The maximum absolute atomic E-state index is 12.7. The first-order chi connectivity index (χ1) is 15.1. The van der Waals surface area contributed by atoms with Gasteiger partial charge in [-0.2, -0.15) is 0 Å². The van der Waals surface area contributed by atoms with Crippen LogP contribution >= 0.6 is 11.3 Å². The molecule has 1 amide bonds. The first-order valence-corrected chi connectivity index (χ1v) is 10.7. The SMILES string of the molecule is CCOc1ccc(-c2cn3c(CC(=O)Nc4ccc(OC)cc4OC)csc3n2)cc1. The summed E-state index contributed by atoms with van der Waals surface area (Å²) >= 11 is 1.51. The van der Waals surface area contributed by atoms with E-state index >= 15 is 0 Å². The summed E-state index contributed by atoms with van der Waals surface area (Å²) in [6.07, 6.45) is 2.17. The van der Waals surface area contributed by atoms with Gasteiger partial charge in [-0.1, -0.05) is 0 Å². The van der Waals surface area contributed by atoms with Crippen LogP contribution in [0.2, 0.25) is 0 Å². The summed E-state index contributed by atoms with van der Waals surface area (Å²) in [6, 6.07) is 13.1. The molecule has 8 heteroatoms. The van der Waals surface area contributed by atoms with Crippen molar-refractivity contribution in [2.45, 2.75) is 13.3 Å². The largest absolute Gasteiger partial charge is 0.497 e. The molecule has 0 fully saturated rings. The summed E-state index contributed by atoms with van der Waals surface area (Å²) in [5.41, 5.74) is 3.32. The van der Waals surface area contributed by atoms with E-state index in [1.54, 1.807) is 32.4 Å². The summed E-state index contributed by atoms with van der Waals surface area (Å²) in [5.74, 6) is 1.90. The number of nitrogens with one attached hydrogen (secondary N) is 1. The Morgan fingerprint density at radius 3 is 2.58 bits per heavy atom. The number of aromatic nitrogens is 2. The van der Waals surface area contributed by atoms with Crippen molar-refractivity contribution >= 4 is 27.9 Å². The lowest BCUT2D eigenvalue weighted by molar-refractivity contribution is -0.115. The minimum Gasteiger partial charge on any atom is -0.497 e. The summed E-state index contributed by atoms with van der Waals surface area (Å²) < 4.78 is 18.0. The molecule has 0 atom stereocenters. The third-order valence-electron chi connectivity index (χ3n) is 4.77. The molecule has 0 aliphatic heterocycles. The average molecular weight is 438 g/mol. The summed E-state index contributed by atoms with van der Waals surface area (Å²) in [5, 5.41) is 4.86. The summed E-state index contributed by atoms with van der Waals surface area (Å²) in [7, 11) is 3.14. The van der Waals surface area contributed by atoms with Crippen molar-refractivity contribution in [3.8, 4) is 28.5 Å². The van der Waals surface area contributed by atoms with Crippen LogP contribution in [0.3, 0.4) is 0 Å². The number of amides is 1. The Morgan fingerprint density at radius 2 is 1.87 bits per heavy atom. The van der Waals surface area contributed by atoms with E-state index in [9.17, 15) is 4.79 Å². The first-order valence-electron chi connectivity index (χ1n) is 9.82. The molecule has 160 valence electrons. The van der Waals surface area contributed by atoms with Gasteiger partial charge < -0.3 is 19.5 Å². The summed E-state index contributed by atoms with van der Waals surface area (Å²) in [6.45, 7) is 2.59. The topological polar surface area (TPSA) is 74.1 Å². The molecule has 2 heterocycles. The molecule has 2 aromatic carbocycles. The lowest BCUT2D eigenvalue weighted by Crippen LogP contribution is -2.15. The van der Waals surface area contributed by atoms with Crippen LogP contribution in [0.15, 0.2) is 54.0 Å². The third kappa shape index (κ3) is 4.49. The Hall–Kier alpha value is -3.52. The Kier molecular flexibility index (Phi) is 6.08. The van der Waals surface area contributed by atoms with Crippen LogP contribution in [0.1, 0.15) is 12.6 Å². The van der Waals surface area contributed by atoms with E-state index in [0.29, 0.717) is 23.8 Å². The van der Waals surface area contributed by atoms with Gasteiger partial charge in [0.05, 0.1) is 38.6 Å². The fourth-order valence-corrected chi connectivity index (χ4v) is 4.12. The van der Waals surface area contributed by atoms with Crippen LogP contribution in [0.25, 0.3) is 16.2 Å². The Morgan fingerprint density at radius 1 is 1.10 bits per heavy atom. The molecule has 1 N–H and O–H groups in total. The molecule has 0 bridgehead atoms. The fourth-order valence-electron chi connectivity index (χ4n) is 3.24. The van der Waals surface area contributed by atoms with Crippen molar-refractivity contribution in [1.82, 2.24) is 9.38 Å². The molecule has 0 saturated heterocycles. The third-order valence-corrected chi connectivity index (χ3v) is 5.66. The van der Waals surface area contributed by atoms with E-state index < -0.39 is 0 Å². The molecular weight excluding hydrogens is 414 g/mol. The van der Waals surface area contributed by atoms with Gasteiger partial charge in [0.15, 0.2) is 4.96 Å². The fraction of sp³-hybridized carbons (Fsp3) is 0.217. The average Bonchev–Trinajstić information content (AvgIpc) is 3.37. The number of imidazole rings is 1. The molecule has 4 rings (SSSR count). The Balaban J connectivity index is 1.51. The second-order valence-electron chi connectivity index (χ2n) is 6.75. The van der Waals surface area contributed by atoms with E-state index in [1.807, 2.05) is 47.2 Å². The van der Waals surface area contributed by atoms with Crippen molar-refractivity contribution < 1.29 is 19.0 Å². The van der Waals surface area contributed by atoms with Gasteiger partial charge in [0.1, 0.15) is 17.2 Å². The number of carbonyl (C=O) groups excluding carboxylic acids is 1. The number of ether oxygens (including phenoxy) is 3. The number of nitrogens with zero attached hydrogens (tertiary/aromatic N) is 2. The lowest BCUT2D eigenvalue weighted by Gasteiger charge is -2.11. The van der Waals surface area contributed by atoms with Crippen LogP contribution < -0.4 is 19.5 Å². The van der Waals surface area contributed by atoms with Gasteiger partial charge in [-0.05, 0) is 43.3 Å². The smallest absolute Gasteiger partial charge is 0.230 e. The van der Waals surface area contributed by atoms with E-state index in [-0.39, 0.29) is 12.3 Å². The van der Waals surface area contributed by atoms with Crippen molar-refractivity contribution in [1.29, 1.82) is 0 Å². The standard InChI is InChI=1S/C23H23N3O4S/c1-4-30-17-7-5-15(6-8-17)20-13-26-16(14-31-23(26)25-20)11-22(27)24-19-10-9-18(28-2)12-21(19)29-3/h5-10,12-14H,4,11H2,1-3H3,(H,24,27). The highest BCUT2D eigenvalue weighted by atomic mass is 32.1. The zero-order valence-corrected chi connectivity index (χ0v) is 18.4. The summed E-state index contributed by atoms with van der Waals surface area (Å²) in [4.78, 5) is 18.2. The van der Waals surface area contributed by atoms with Gasteiger partial charge in [0.2, 0.25) is 5.91 Å². The molecular formula is C23H23N3O4S. The quantitative estimate of drug-likeness (QED) is 0.434. The van der Waals surface area contributed by atoms with Crippen LogP contribution in [0.4, 0.5) is 5.69 Å². The monoisotopic (exact) mass is 437 g/mol. The van der Waals surface area contributed by atoms with Gasteiger partial charge in [-0.15, -0.1) is 11.3 Å². The van der Waals surface area contributed by atoms with E-state index in [1.165, 1.54) is 11.3 Å². The maximum Gasteiger partial charge on any atom is 0.230 e. The molecule has 31 heavy (non-hydrogen) atoms. The lowest BCUT2D eigenvalue weighted by atomic mass is 10.1. The number of anilines is 1. The molecule has 0 aliphatic carbocycles. The maximum atomic E-state index is 12.7. The minimum atomic E-state index is -0.139. The molecule has 0 radical (unpaired) electrons. The zero-order valence-electron chi connectivity index (χ0n) is 17.5. The highest BCUT2D eigenvalue weighted by molar-refractivity contribution is 7.15. The van der Waals surface area contributed by atoms with Crippen molar-refractivity contribution in [2.75, 3.05) is 26.1 Å². The van der Waals surface area contributed by atoms with Gasteiger partial charge in [0.25, 0.3) is 0 Å². The van der Waals surface area contributed by atoms with Crippen LogP contribution in [-0.4, -0.2) is 36.1 Å². The second-order valence-corrected chi connectivity index (χ2v) is 7.59. The van der Waals surface area contributed by atoms with E-state index in [4.69, 9.17) is 19.2 Å². The highest BCUT2D eigenvalue weighted by Gasteiger charge is 2.14. The zero-order chi connectivity index (χ0) is 21.8. The van der Waals surface area contributed by atoms with Gasteiger partial charge in [-0.3, -0.25) is 9.20 Å². The van der Waals surface area contributed by atoms with Gasteiger partial charge in [0, 0.05) is 28.9 Å². The van der Waals surface area contributed by atoms with Crippen molar-refractivity contribution in [3.05, 3.63) is 59.7 Å². The van der Waals surface area contributed by atoms with Gasteiger partial charge in [-0.25, -0.2) is 4.98 Å². The minimum absolute atomic E-state index is 0.139. The molecule has 2 aromatic heterocycles. The molecule has 0 aliphatic rings. The molecule has 0 unspecified atom stereocenters. The van der Waals surface area contributed by atoms with Crippen LogP contribution in [0.5, 0.6) is 17.2 Å². The van der Waals surface area contributed by atoms with E-state index in [2.05, 4.69) is 5.32 Å².